The summed E-state index contributed by atoms with van der Waals surface area (Å²) in [7, 11) is 0. The molecule has 2 aliphatic rings. The quantitative estimate of drug-likeness (QED) is 0.407. The molecule has 2 aromatic heterocycles. The molecule has 1 aliphatic heterocycles. The maximum Gasteiger partial charge on any atom is 0.175 e. The predicted octanol–water partition coefficient (Wildman–Crippen LogP) is 5.97. The number of phenols is 1. The number of rotatable bonds is 4. The molecule has 174 valence electrons. The van der Waals surface area contributed by atoms with Crippen LogP contribution in [0.5, 0.6) is 5.75 Å². The van der Waals surface area contributed by atoms with Gasteiger partial charge < -0.3 is 10.0 Å². The average Bonchev–Trinajstić information content (AvgIpc) is 3.43. The van der Waals surface area contributed by atoms with Crippen molar-refractivity contribution in [3.8, 4) is 17.0 Å². The highest BCUT2D eigenvalue weighted by Gasteiger charge is 2.46. The molecule has 1 saturated carbocycles. The number of piperidine rings is 1. The van der Waals surface area contributed by atoms with Crippen molar-refractivity contribution in [1.82, 2.24) is 15.0 Å². The summed E-state index contributed by atoms with van der Waals surface area (Å²) < 4.78 is 30.9. The van der Waals surface area contributed by atoms with Crippen LogP contribution in [0.3, 0.4) is 0 Å². The lowest BCUT2D eigenvalue weighted by Gasteiger charge is -2.22. The molecule has 1 aliphatic carbocycles. The fourth-order valence-electron chi connectivity index (χ4n) is 5.35. The van der Waals surface area contributed by atoms with Gasteiger partial charge >= 0.3 is 0 Å². The highest BCUT2D eigenvalue weighted by atomic mass is 19.1. The summed E-state index contributed by atoms with van der Waals surface area (Å²) in [5, 5.41) is 12.1. The van der Waals surface area contributed by atoms with Gasteiger partial charge in [-0.3, -0.25) is 4.98 Å². The Morgan fingerprint density at radius 1 is 1.12 bits per heavy atom. The Morgan fingerprint density at radius 2 is 1.88 bits per heavy atom. The molecular weight excluding hydrogens is 434 g/mol. The number of anilines is 1. The molecule has 6 rings (SSSR count). The predicted molar refractivity (Wildman–Crippen MR) is 129 cm³/mol. The van der Waals surface area contributed by atoms with E-state index in [1.165, 1.54) is 18.6 Å². The van der Waals surface area contributed by atoms with Crippen LogP contribution in [0.4, 0.5) is 14.6 Å². The van der Waals surface area contributed by atoms with Crippen LogP contribution in [0.1, 0.15) is 44.5 Å². The molecule has 7 heteroatoms. The Morgan fingerprint density at radius 3 is 2.59 bits per heavy atom. The summed E-state index contributed by atoms with van der Waals surface area (Å²) in [4.78, 5) is 16.1. The van der Waals surface area contributed by atoms with E-state index in [1.54, 1.807) is 18.3 Å². The Balaban J connectivity index is 1.62. The summed E-state index contributed by atoms with van der Waals surface area (Å²) in [6.07, 6.45) is 3.31. The third-order valence-corrected chi connectivity index (χ3v) is 7.24. The van der Waals surface area contributed by atoms with E-state index in [4.69, 9.17) is 4.98 Å². The molecule has 4 aromatic rings. The minimum Gasteiger partial charge on any atom is -0.508 e. The molecule has 0 spiro atoms. The maximum absolute atomic E-state index is 16.2. The molecule has 2 atom stereocenters. The van der Waals surface area contributed by atoms with Gasteiger partial charge in [0.15, 0.2) is 5.82 Å². The molecule has 3 heterocycles. The number of hydrogen-bond acceptors (Lipinski definition) is 5. The van der Waals surface area contributed by atoms with Crippen LogP contribution in [-0.2, 0) is 6.42 Å². The van der Waals surface area contributed by atoms with Crippen molar-refractivity contribution in [3.63, 3.8) is 0 Å². The number of hydrogen-bond donors (Lipinski definition) is 1. The topological polar surface area (TPSA) is 62.1 Å². The fourth-order valence-corrected chi connectivity index (χ4v) is 5.35. The van der Waals surface area contributed by atoms with Crippen molar-refractivity contribution >= 4 is 27.5 Å². The normalized spacial score (nSPS) is 19.4. The first-order valence-electron chi connectivity index (χ1n) is 11.9. The Hall–Kier alpha value is -3.35. The monoisotopic (exact) mass is 460 g/mol. The largest absolute Gasteiger partial charge is 0.508 e. The Labute approximate surface area is 196 Å². The highest BCUT2D eigenvalue weighted by molar-refractivity contribution is 6.01. The van der Waals surface area contributed by atoms with Crippen molar-refractivity contribution in [3.05, 3.63) is 53.5 Å². The molecule has 34 heavy (non-hydrogen) atoms. The van der Waals surface area contributed by atoms with E-state index < -0.39 is 5.82 Å². The van der Waals surface area contributed by atoms with Crippen LogP contribution in [0.15, 0.2) is 30.5 Å². The third kappa shape index (κ3) is 3.21. The summed E-state index contributed by atoms with van der Waals surface area (Å²) in [6, 6.07) is 6.00. The van der Waals surface area contributed by atoms with E-state index in [1.807, 2.05) is 20.8 Å². The van der Waals surface area contributed by atoms with Gasteiger partial charge in [-0.2, -0.15) is 0 Å². The van der Waals surface area contributed by atoms with Gasteiger partial charge in [0.1, 0.15) is 34.4 Å². The zero-order valence-corrected chi connectivity index (χ0v) is 19.4. The molecule has 2 fully saturated rings. The summed E-state index contributed by atoms with van der Waals surface area (Å²) in [5.41, 5.74) is 1.10. The number of aromatic hydroxyl groups is 1. The van der Waals surface area contributed by atoms with Gasteiger partial charge in [0.25, 0.3) is 0 Å². The summed E-state index contributed by atoms with van der Waals surface area (Å²) in [6.45, 7) is 7.69. The lowest BCUT2D eigenvalue weighted by Crippen LogP contribution is -2.24. The first-order chi connectivity index (χ1) is 16.4. The number of nitrogens with zero attached hydrogens (tertiary/aromatic N) is 4. The Bertz CT molecular complexity index is 1460. The van der Waals surface area contributed by atoms with Crippen LogP contribution >= 0.6 is 0 Å². The van der Waals surface area contributed by atoms with Crippen LogP contribution in [0.2, 0.25) is 0 Å². The van der Waals surface area contributed by atoms with Crippen molar-refractivity contribution in [2.75, 3.05) is 18.0 Å². The van der Waals surface area contributed by atoms with E-state index in [2.05, 4.69) is 14.9 Å². The lowest BCUT2D eigenvalue weighted by molar-refractivity contribution is 0.476. The minimum atomic E-state index is -0.578. The van der Waals surface area contributed by atoms with Crippen molar-refractivity contribution in [2.24, 2.45) is 11.8 Å². The van der Waals surface area contributed by atoms with E-state index in [9.17, 15) is 9.50 Å². The Kier molecular flexibility index (Phi) is 4.73. The number of aryl methyl sites for hydroxylation is 1. The van der Waals surface area contributed by atoms with E-state index in [0.29, 0.717) is 51.4 Å². The average molecular weight is 461 g/mol. The highest BCUT2D eigenvalue weighted by Crippen LogP contribution is 2.47. The third-order valence-electron chi connectivity index (χ3n) is 7.24. The van der Waals surface area contributed by atoms with Gasteiger partial charge in [0.05, 0.1) is 5.39 Å². The molecule has 0 bridgehead atoms. The van der Waals surface area contributed by atoms with Gasteiger partial charge in [-0.15, -0.1) is 0 Å². The van der Waals surface area contributed by atoms with Gasteiger partial charge in [0.2, 0.25) is 0 Å². The second-order valence-electron chi connectivity index (χ2n) is 9.87. The van der Waals surface area contributed by atoms with Crippen molar-refractivity contribution in [2.45, 2.75) is 39.5 Å². The second-order valence-corrected chi connectivity index (χ2v) is 9.87. The SMILES string of the molecule is CCc1c(F)ccc2cc(O)cc(-c3ncc4c(N5CC6CC6C5)nc(C(C)C)nc4c3F)c12. The summed E-state index contributed by atoms with van der Waals surface area (Å²) in [5.74, 6) is 1.78. The van der Waals surface area contributed by atoms with Gasteiger partial charge in [0, 0.05) is 30.8 Å². The molecule has 2 unspecified atom stereocenters. The smallest absolute Gasteiger partial charge is 0.175 e. The van der Waals surface area contributed by atoms with Crippen LogP contribution in [0.25, 0.3) is 32.9 Å². The first-order valence-corrected chi connectivity index (χ1v) is 11.9. The minimum absolute atomic E-state index is 0.0266. The number of pyridine rings is 1. The van der Waals surface area contributed by atoms with Crippen LogP contribution in [-0.4, -0.2) is 33.1 Å². The molecule has 1 N–H and O–H groups in total. The van der Waals surface area contributed by atoms with Crippen LogP contribution in [0, 0.1) is 23.5 Å². The number of halogens is 2. The van der Waals surface area contributed by atoms with Gasteiger partial charge in [-0.1, -0.05) is 26.8 Å². The number of aromatic nitrogens is 3. The van der Waals surface area contributed by atoms with Crippen molar-refractivity contribution < 1.29 is 13.9 Å². The molecule has 1 saturated heterocycles. The second kappa shape index (κ2) is 7.58. The van der Waals surface area contributed by atoms with Gasteiger partial charge in [-0.25, -0.2) is 18.7 Å². The standard InChI is InChI=1S/C27H26F2N4O/c1-4-18-21(28)6-5-14-8-17(34)9-19(22(14)18)24-23(29)25-20(10-30-24)27(32-26(31-25)13(2)3)33-11-15-7-16(15)12-33/h5-6,8-10,13,15-16,34H,4,7,11-12H2,1-3H3. The molecule has 0 amide bonds. The van der Waals surface area contributed by atoms with E-state index in [-0.39, 0.29) is 28.7 Å². The lowest BCUT2D eigenvalue weighted by atomic mass is 9.94. The molecule has 0 radical (unpaired) electrons. The zero-order valence-electron chi connectivity index (χ0n) is 19.4. The molecule has 2 aromatic carbocycles. The van der Waals surface area contributed by atoms with Crippen molar-refractivity contribution in [1.29, 1.82) is 0 Å². The molecule has 5 nitrogen and oxygen atoms in total. The van der Waals surface area contributed by atoms with Crippen LogP contribution < -0.4 is 4.90 Å². The van der Waals surface area contributed by atoms with Gasteiger partial charge in [-0.05, 0) is 59.2 Å². The molecular formula is C27H26F2N4O. The fraction of sp³-hybridized carbons (Fsp3) is 0.370. The summed E-state index contributed by atoms with van der Waals surface area (Å²) >= 11 is 0. The number of benzene rings is 2. The first kappa shape index (κ1) is 21.2. The maximum atomic E-state index is 16.2. The van der Waals surface area contributed by atoms with E-state index >= 15 is 4.39 Å². The zero-order chi connectivity index (χ0) is 23.7. The number of fused-ring (bicyclic) bond motifs is 3. The number of phenolic OH excluding ortho intramolecular Hbond substituents is 1. The van der Waals surface area contributed by atoms with E-state index in [0.717, 1.165) is 18.9 Å².